The van der Waals surface area contributed by atoms with E-state index in [9.17, 15) is 8.42 Å². The fourth-order valence-electron chi connectivity index (χ4n) is 2.79. The van der Waals surface area contributed by atoms with E-state index in [1.54, 1.807) is 4.31 Å². The minimum Gasteiger partial charge on any atom is -0.377 e. The summed E-state index contributed by atoms with van der Waals surface area (Å²) in [6.45, 7) is 4.74. The van der Waals surface area contributed by atoms with Gasteiger partial charge in [-0.05, 0) is 39.2 Å². The largest absolute Gasteiger partial charge is 0.377 e. The molecular weight excluding hydrogens is 252 g/mol. The van der Waals surface area contributed by atoms with Crippen LogP contribution in [0.2, 0.25) is 0 Å². The summed E-state index contributed by atoms with van der Waals surface area (Å²) in [5, 5.41) is 3.25. The third-order valence-electron chi connectivity index (χ3n) is 3.71. The molecule has 2 fully saturated rings. The van der Waals surface area contributed by atoms with E-state index in [4.69, 9.17) is 4.74 Å². The number of ether oxygens (including phenoxy) is 1. The fourth-order valence-corrected chi connectivity index (χ4v) is 4.59. The first-order valence-corrected chi connectivity index (χ1v) is 8.55. The average molecular weight is 276 g/mol. The van der Waals surface area contributed by atoms with Crippen LogP contribution in [0.25, 0.3) is 0 Å². The Kier molecular flexibility index (Phi) is 5.00. The summed E-state index contributed by atoms with van der Waals surface area (Å²) in [4.78, 5) is 0. The smallest absolute Gasteiger partial charge is 0.215 e. The van der Waals surface area contributed by atoms with Crippen LogP contribution in [-0.4, -0.2) is 56.9 Å². The lowest BCUT2D eigenvalue weighted by atomic mass is 10.1. The topological polar surface area (TPSA) is 58.6 Å². The maximum Gasteiger partial charge on any atom is 0.215 e. The fraction of sp³-hybridized carbons (Fsp3) is 1.00. The Hall–Kier alpha value is -0.170. The Bertz CT molecular complexity index is 350. The lowest BCUT2D eigenvalue weighted by Crippen LogP contribution is -2.46. The van der Waals surface area contributed by atoms with Gasteiger partial charge in [0, 0.05) is 25.7 Å². The van der Waals surface area contributed by atoms with Crippen molar-refractivity contribution in [3.63, 3.8) is 0 Å². The molecule has 2 rings (SSSR count). The first-order chi connectivity index (χ1) is 8.62. The molecule has 2 atom stereocenters. The van der Waals surface area contributed by atoms with Crippen molar-refractivity contribution in [2.75, 3.05) is 32.0 Å². The van der Waals surface area contributed by atoms with E-state index in [2.05, 4.69) is 5.32 Å². The lowest BCUT2D eigenvalue weighted by molar-refractivity contribution is 0.0264. The van der Waals surface area contributed by atoms with Gasteiger partial charge >= 0.3 is 0 Å². The molecule has 0 saturated carbocycles. The molecule has 0 amide bonds. The second kappa shape index (κ2) is 6.32. The third-order valence-corrected chi connectivity index (χ3v) is 5.65. The summed E-state index contributed by atoms with van der Waals surface area (Å²) >= 11 is 0. The molecule has 0 aromatic heterocycles. The molecule has 5 nitrogen and oxygen atoms in total. The van der Waals surface area contributed by atoms with E-state index in [1.165, 1.54) is 0 Å². The number of hydrogen-bond acceptors (Lipinski definition) is 4. The van der Waals surface area contributed by atoms with Gasteiger partial charge in [0.25, 0.3) is 0 Å². The minimum absolute atomic E-state index is 0.0788. The summed E-state index contributed by atoms with van der Waals surface area (Å²) in [5.74, 6) is 0.242. The van der Waals surface area contributed by atoms with Gasteiger partial charge in [0.15, 0.2) is 0 Å². The molecule has 0 aromatic rings. The van der Waals surface area contributed by atoms with Crippen molar-refractivity contribution in [1.82, 2.24) is 9.62 Å². The molecule has 0 bridgehead atoms. The molecule has 2 heterocycles. The molecular formula is C12H24N2O3S. The van der Waals surface area contributed by atoms with Crippen molar-refractivity contribution in [2.24, 2.45) is 0 Å². The molecule has 2 aliphatic rings. The molecule has 18 heavy (non-hydrogen) atoms. The highest BCUT2D eigenvalue weighted by molar-refractivity contribution is 7.89. The van der Waals surface area contributed by atoms with Crippen molar-refractivity contribution in [3.05, 3.63) is 0 Å². The predicted molar refractivity (Wildman–Crippen MR) is 71.0 cm³/mol. The Balaban J connectivity index is 1.91. The first kappa shape index (κ1) is 14.2. The second-order valence-electron chi connectivity index (χ2n) is 5.15. The van der Waals surface area contributed by atoms with E-state index in [-0.39, 0.29) is 17.9 Å². The molecule has 0 spiro atoms. The van der Waals surface area contributed by atoms with Gasteiger partial charge in [-0.25, -0.2) is 8.42 Å². The highest BCUT2D eigenvalue weighted by Crippen LogP contribution is 2.18. The van der Waals surface area contributed by atoms with E-state index >= 15 is 0 Å². The van der Waals surface area contributed by atoms with Gasteiger partial charge in [-0.1, -0.05) is 0 Å². The van der Waals surface area contributed by atoms with Crippen molar-refractivity contribution in [2.45, 2.75) is 44.8 Å². The van der Waals surface area contributed by atoms with E-state index in [0.717, 1.165) is 32.2 Å². The van der Waals surface area contributed by atoms with E-state index in [0.29, 0.717) is 19.7 Å². The van der Waals surface area contributed by atoms with Gasteiger partial charge in [0.1, 0.15) is 0 Å². The second-order valence-corrected chi connectivity index (χ2v) is 7.16. The van der Waals surface area contributed by atoms with Crippen LogP contribution < -0.4 is 5.32 Å². The summed E-state index contributed by atoms with van der Waals surface area (Å²) < 4.78 is 31.8. The normalized spacial score (nSPS) is 30.7. The molecule has 0 radical (unpaired) electrons. The van der Waals surface area contributed by atoms with Gasteiger partial charge in [-0.3, -0.25) is 0 Å². The average Bonchev–Trinajstić information content (AvgIpc) is 2.82. The molecule has 0 aromatic carbocycles. The van der Waals surface area contributed by atoms with Gasteiger partial charge < -0.3 is 10.1 Å². The zero-order valence-electron chi connectivity index (χ0n) is 11.1. The van der Waals surface area contributed by atoms with Crippen LogP contribution in [0.15, 0.2) is 0 Å². The predicted octanol–water partition coefficient (Wildman–Crippen LogP) is 0.569. The molecule has 1 N–H and O–H groups in total. The SMILES string of the molecule is CCOC1CCCN(S(=O)(=O)CC2CCCN2)C1. The summed E-state index contributed by atoms with van der Waals surface area (Å²) in [6.07, 6.45) is 4.02. The number of nitrogens with zero attached hydrogens (tertiary/aromatic N) is 1. The molecule has 6 heteroatoms. The lowest BCUT2D eigenvalue weighted by Gasteiger charge is -2.32. The zero-order valence-corrected chi connectivity index (χ0v) is 11.9. The molecule has 2 saturated heterocycles. The quantitative estimate of drug-likeness (QED) is 0.797. The Morgan fingerprint density at radius 3 is 2.83 bits per heavy atom. The van der Waals surface area contributed by atoms with Gasteiger partial charge in [-0.15, -0.1) is 0 Å². The van der Waals surface area contributed by atoms with Gasteiger partial charge in [0.2, 0.25) is 10.0 Å². The molecule has 0 aliphatic carbocycles. The molecule has 106 valence electrons. The first-order valence-electron chi connectivity index (χ1n) is 6.94. The zero-order chi connectivity index (χ0) is 13.0. The number of sulfonamides is 1. The third kappa shape index (κ3) is 3.66. The maximum atomic E-state index is 12.3. The van der Waals surface area contributed by atoms with Crippen LogP contribution in [0.3, 0.4) is 0 Å². The Morgan fingerprint density at radius 2 is 2.17 bits per heavy atom. The monoisotopic (exact) mass is 276 g/mol. The maximum absolute atomic E-state index is 12.3. The van der Waals surface area contributed by atoms with E-state index < -0.39 is 10.0 Å². The summed E-state index contributed by atoms with van der Waals surface area (Å²) in [5.41, 5.74) is 0. The highest BCUT2D eigenvalue weighted by Gasteiger charge is 2.31. The molecule has 2 aliphatic heterocycles. The Morgan fingerprint density at radius 1 is 1.33 bits per heavy atom. The number of rotatable bonds is 5. The van der Waals surface area contributed by atoms with Crippen LogP contribution >= 0.6 is 0 Å². The van der Waals surface area contributed by atoms with Gasteiger partial charge in [-0.2, -0.15) is 4.31 Å². The van der Waals surface area contributed by atoms with Crippen molar-refractivity contribution < 1.29 is 13.2 Å². The van der Waals surface area contributed by atoms with Crippen LogP contribution in [0.1, 0.15) is 32.6 Å². The highest BCUT2D eigenvalue weighted by atomic mass is 32.2. The summed E-state index contributed by atoms with van der Waals surface area (Å²) in [6, 6.07) is 0.141. The number of hydrogen-bond donors (Lipinski definition) is 1. The van der Waals surface area contributed by atoms with Crippen molar-refractivity contribution in [3.8, 4) is 0 Å². The van der Waals surface area contributed by atoms with Crippen LogP contribution in [0.4, 0.5) is 0 Å². The standard InChI is InChI=1S/C12H24N2O3S/c1-2-17-12-6-4-8-14(9-12)18(15,16)10-11-5-3-7-13-11/h11-13H,2-10H2,1H3. The minimum atomic E-state index is -3.13. The van der Waals surface area contributed by atoms with Crippen LogP contribution in [0.5, 0.6) is 0 Å². The number of piperidine rings is 1. The Labute approximate surface area is 110 Å². The van der Waals surface area contributed by atoms with Crippen LogP contribution in [-0.2, 0) is 14.8 Å². The van der Waals surface area contributed by atoms with Crippen molar-refractivity contribution in [1.29, 1.82) is 0 Å². The van der Waals surface area contributed by atoms with Crippen molar-refractivity contribution >= 4 is 10.0 Å². The van der Waals surface area contributed by atoms with E-state index in [1.807, 2.05) is 6.92 Å². The van der Waals surface area contributed by atoms with Crippen LogP contribution in [0, 0.1) is 0 Å². The summed E-state index contributed by atoms with van der Waals surface area (Å²) in [7, 11) is -3.13. The number of nitrogens with one attached hydrogen (secondary N) is 1. The molecule has 2 unspecified atom stereocenters. The van der Waals surface area contributed by atoms with Gasteiger partial charge in [0.05, 0.1) is 11.9 Å².